The van der Waals surface area contributed by atoms with Crippen molar-refractivity contribution < 1.29 is 13.2 Å². The number of rotatable bonds is 1. The first-order valence-electron chi connectivity index (χ1n) is 3.33. The van der Waals surface area contributed by atoms with E-state index in [9.17, 15) is 13.2 Å². The fourth-order valence-electron chi connectivity index (χ4n) is 1.55. The van der Waals surface area contributed by atoms with Crippen molar-refractivity contribution in [3.05, 3.63) is 11.6 Å². The second kappa shape index (κ2) is 1.57. The van der Waals surface area contributed by atoms with E-state index in [1.165, 1.54) is 5.57 Å². The van der Waals surface area contributed by atoms with Crippen LogP contribution in [0.2, 0.25) is 0 Å². The third kappa shape index (κ3) is 0.935. The van der Waals surface area contributed by atoms with Gasteiger partial charge in [0, 0.05) is 0 Å². The van der Waals surface area contributed by atoms with Crippen LogP contribution in [-0.2, 0) is 0 Å². The Hall–Kier alpha value is -0.470. The van der Waals surface area contributed by atoms with Crippen molar-refractivity contribution >= 4 is 0 Å². The highest BCUT2D eigenvalue weighted by atomic mass is 19.4. The average molecular weight is 148 g/mol. The molecule has 2 rings (SSSR count). The SMILES string of the molecule is FC(F)(F)CC1C=C2CC21. The molecule has 2 unspecified atom stereocenters. The van der Waals surface area contributed by atoms with E-state index in [0.29, 0.717) is 5.92 Å². The molecule has 0 bridgehead atoms. The maximum Gasteiger partial charge on any atom is 0.389 e. The van der Waals surface area contributed by atoms with Gasteiger partial charge in [0.1, 0.15) is 0 Å². The zero-order valence-corrected chi connectivity index (χ0v) is 5.28. The molecule has 2 atom stereocenters. The third-order valence-electron chi connectivity index (χ3n) is 2.18. The van der Waals surface area contributed by atoms with Crippen LogP contribution < -0.4 is 0 Å². The molecule has 10 heavy (non-hydrogen) atoms. The molecular weight excluding hydrogens is 141 g/mol. The summed E-state index contributed by atoms with van der Waals surface area (Å²) in [5.41, 5.74) is 1.24. The van der Waals surface area contributed by atoms with Crippen LogP contribution in [0.25, 0.3) is 0 Å². The van der Waals surface area contributed by atoms with Crippen molar-refractivity contribution in [2.24, 2.45) is 11.8 Å². The molecular formula is C7H7F3. The Balaban J connectivity index is 1.88. The van der Waals surface area contributed by atoms with E-state index in [4.69, 9.17) is 0 Å². The molecule has 3 heteroatoms. The second-order valence-corrected chi connectivity index (χ2v) is 3.04. The van der Waals surface area contributed by atoms with Gasteiger partial charge in [-0.1, -0.05) is 11.6 Å². The van der Waals surface area contributed by atoms with Crippen molar-refractivity contribution in [1.82, 2.24) is 0 Å². The molecule has 0 radical (unpaired) electrons. The predicted octanol–water partition coefficient (Wildman–Crippen LogP) is 2.51. The van der Waals surface area contributed by atoms with Gasteiger partial charge in [-0.15, -0.1) is 0 Å². The van der Waals surface area contributed by atoms with Gasteiger partial charge in [0.15, 0.2) is 0 Å². The monoisotopic (exact) mass is 148 g/mol. The van der Waals surface area contributed by atoms with Gasteiger partial charge in [-0.25, -0.2) is 0 Å². The average Bonchev–Trinajstić information content (AvgIpc) is 2.33. The Bertz CT molecular complexity index is 190. The molecule has 0 nitrogen and oxygen atoms in total. The molecule has 1 fully saturated rings. The topological polar surface area (TPSA) is 0 Å². The highest BCUT2D eigenvalue weighted by Gasteiger charge is 2.48. The predicted molar refractivity (Wildman–Crippen MR) is 30.4 cm³/mol. The molecule has 0 saturated heterocycles. The van der Waals surface area contributed by atoms with Crippen molar-refractivity contribution in [2.45, 2.75) is 19.0 Å². The summed E-state index contributed by atoms with van der Waals surface area (Å²) in [6.07, 6.45) is -1.88. The lowest BCUT2D eigenvalue weighted by molar-refractivity contribution is -0.143. The van der Waals surface area contributed by atoms with E-state index < -0.39 is 12.6 Å². The van der Waals surface area contributed by atoms with Crippen LogP contribution in [-0.4, -0.2) is 6.18 Å². The first-order valence-corrected chi connectivity index (χ1v) is 3.33. The lowest BCUT2D eigenvalue weighted by Crippen LogP contribution is -2.18. The first kappa shape index (κ1) is 6.25. The Kier molecular flexibility index (Phi) is 0.984. The number of hydrogen-bond donors (Lipinski definition) is 0. The zero-order valence-electron chi connectivity index (χ0n) is 5.28. The maximum absolute atomic E-state index is 11.7. The largest absolute Gasteiger partial charge is 0.389 e. The van der Waals surface area contributed by atoms with E-state index in [1.807, 2.05) is 0 Å². The van der Waals surface area contributed by atoms with Crippen molar-refractivity contribution in [1.29, 1.82) is 0 Å². The molecule has 0 aliphatic heterocycles. The summed E-state index contributed by atoms with van der Waals surface area (Å²) in [6, 6.07) is 0. The molecule has 56 valence electrons. The Morgan fingerprint density at radius 2 is 2.20 bits per heavy atom. The van der Waals surface area contributed by atoms with Crippen LogP contribution in [0.1, 0.15) is 12.8 Å². The summed E-state index contributed by atoms with van der Waals surface area (Å²) < 4.78 is 35.1. The standard InChI is InChI=1S/C7H7F3/c8-7(9,10)3-5-1-4-2-6(4)5/h1,5-6H,2-3H2. The van der Waals surface area contributed by atoms with Gasteiger partial charge in [-0.05, 0) is 18.3 Å². The van der Waals surface area contributed by atoms with Crippen LogP contribution in [0.4, 0.5) is 13.2 Å². The lowest BCUT2D eigenvalue weighted by Gasteiger charge is -2.18. The smallest absolute Gasteiger partial charge is 0.171 e. The van der Waals surface area contributed by atoms with E-state index in [0.717, 1.165) is 6.42 Å². The van der Waals surface area contributed by atoms with E-state index in [1.54, 1.807) is 6.08 Å². The number of halogens is 3. The summed E-state index contributed by atoms with van der Waals surface area (Å²) in [7, 11) is 0. The third-order valence-corrected chi connectivity index (χ3v) is 2.18. The minimum Gasteiger partial charge on any atom is -0.171 e. The summed E-state index contributed by atoms with van der Waals surface area (Å²) >= 11 is 0. The summed E-state index contributed by atoms with van der Waals surface area (Å²) in [6.45, 7) is 0. The van der Waals surface area contributed by atoms with Gasteiger partial charge in [0.2, 0.25) is 0 Å². The molecule has 2 aliphatic carbocycles. The minimum atomic E-state index is -3.96. The van der Waals surface area contributed by atoms with E-state index in [2.05, 4.69) is 0 Å². The van der Waals surface area contributed by atoms with Crippen LogP contribution in [0.15, 0.2) is 11.6 Å². The number of alkyl halides is 3. The van der Waals surface area contributed by atoms with Crippen LogP contribution in [0, 0.1) is 11.8 Å². The van der Waals surface area contributed by atoms with E-state index in [-0.39, 0.29) is 5.92 Å². The quantitative estimate of drug-likeness (QED) is 0.501. The molecule has 0 aromatic rings. The van der Waals surface area contributed by atoms with Gasteiger partial charge in [0.25, 0.3) is 0 Å². The number of hydrogen-bond acceptors (Lipinski definition) is 0. The molecule has 0 aromatic carbocycles. The van der Waals surface area contributed by atoms with Crippen molar-refractivity contribution in [3.63, 3.8) is 0 Å². The summed E-state index contributed by atoms with van der Waals surface area (Å²) in [5.74, 6) is 0.150. The fraction of sp³-hybridized carbons (Fsp3) is 0.714. The molecule has 2 aliphatic rings. The minimum absolute atomic E-state index is 0.171. The Morgan fingerprint density at radius 3 is 2.50 bits per heavy atom. The van der Waals surface area contributed by atoms with Crippen molar-refractivity contribution in [3.8, 4) is 0 Å². The van der Waals surface area contributed by atoms with Crippen LogP contribution in [0.5, 0.6) is 0 Å². The van der Waals surface area contributed by atoms with E-state index >= 15 is 0 Å². The Morgan fingerprint density at radius 1 is 1.50 bits per heavy atom. The summed E-state index contributed by atoms with van der Waals surface area (Å²) in [4.78, 5) is 0. The zero-order chi connectivity index (χ0) is 7.35. The molecule has 0 amide bonds. The van der Waals surface area contributed by atoms with Crippen molar-refractivity contribution in [2.75, 3.05) is 0 Å². The maximum atomic E-state index is 11.7. The molecule has 1 saturated carbocycles. The van der Waals surface area contributed by atoms with Gasteiger partial charge in [-0.3, -0.25) is 0 Å². The van der Waals surface area contributed by atoms with Crippen LogP contribution in [0.3, 0.4) is 0 Å². The van der Waals surface area contributed by atoms with Gasteiger partial charge < -0.3 is 0 Å². The lowest BCUT2D eigenvalue weighted by atomic mass is 9.91. The highest BCUT2D eigenvalue weighted by Crippen LogP contribution is 2.56. The Labute approximate surface area is 56.7 Å². The highest BCUT2D eigenvalue weighted by molar-refractivity contribution is 5.36. The molecule has 0 N–H and O–H groups in total. The van der Waals surface area contributed by atoms with Crippen LogP contribution >= 0.6 is 0 Å². The fourth-order valence-corrected chi connectivity index (χ4v) is 1.55. The summed E-state index contributed by atoms with van der Waals surface area (Å²) in [5, 5.41) is 0. The van der Waals surface area contributed by atoms with Gasteiger partial charge >= 0.3 is 6.18 Å². The van der Waals surface area contributed by atoms with Gasteiger partial charge in [0.05, 0.1) is 6.42 Å². The molecule has 0 aromatic heterocycles. The van der Waals surface area contributed by atoms with Gasteiger partial charge in [-0.2, -0.15) is 13.2 Å². The first-order chi connectivity index (χ1) is 4.56. The second-order valence-electron chi connectivity index (χ2n) is 3.04. The number of allylic oxidation sites excluding steroid dienone is 2. The number of fused-ring (bicyclic) bond motifs is 1. The molecule has 0 spiro atoms. The normalized spacial score (nSPS) is 36.1. The molecule has 0 heterocycles.